The van der Waals surface area contributed by atoms with Gasteiger partial charge in [-0.3, -0.25) is 9.97 Å². The highest BCUT2D eigenvalue weighted by molar-refractivity contribution is 7.91. The van der Waals surface area contributed by atoms with Crippen molar-refractivity contribution in [3.05, 3.63) is 53.9 Å². The van der Waals surface area contributed by atoms with Crippen LogP contribution < -0.4 is 0 Å². The Balaban J connectivity index is 1.94. The van der Waals surface area contributed by atoms with Crippen LogP contribution in [0.4, 0.5) is 13.2 Å². The van der Waals surface area contributed by atoms with Crippen molar-refractivity contribution in [3.8, 4) is 0 Å². The van der Waals surface area contributed by atoms with Gasteiger partial charge in [-0.1, -0.05) is 6.07 Å². The van der Waals surface area contributed by atoms with E-state index in [1.807, 2.05) is 0 Å². The third-order valence-electron chi connectivity index (χ3n) is 3.40. The maximum Gasteiger partial charge on any atom is 0.416 e. The average molecular weight is 339 g/mol. The summed E-state index contributed by atoms with van der Waals surface area (Å²) < 4.78 is 50.7. The van der Waals surface area contributed by atoms with Gasteiger partial charge in [0.15, 0.2) is 5.25 Å². The van der Waals surface area contributed by atoms with Crippen molar-refractivity contribution >= 4 is 22.2 Å². The summed E-state index contributed by atoms with van der Waals surface area (Å²) in [6.07, 6.45) is -2.84. The Morgan fingerprint density at radius 1 is 1.22 bits per heavy atom. The summed E-state index contributed by atoms with van der Waals surface area (Å²) in [5.74, 6) is 0. The highest BCUT2D eigenvalue weighted by Gasteiger charge is 2.32. The van der Waals surface area contributed by atoms with Crippen molar-refractivity contribution in [3.63, 3.8) is 0 Å². The number of alkyl halides is 3. The number of aromatic amines is 1. The summed E-state index contributed by atoms with van der Waals surface area (Å²) in [4.78, 5) is 11.0. The Hall–Kier alpha value is -2.06. The van der Waals surface area contributed by atoms with E-state index in [9.17, 15) is 17.7 Å². The second-order valence-corrected chi connectivity index (χ2v) is 6.65. The molecule has 0 spiro atoms. The van der Waals surface area contributed by atoms with E-state index >= 15 is 0 Å². The van der Waals surface area contributed by atoms with Crippen molar-refractivity contribution in [1.29, 1.82) is 0 Å². The molecule has 0 saturated carbocycles. The third-order valence-corrected chi connectivity index (χ3v) is 4.86. The van der Waals surface area contributed by atoms with Crippen LogP contribution in [0.5, 0.6) is 0 Å². The first-order chi connectivity index (χ1) is 10.9. The SMILES string of the molecule is CC(c1ccccn1)[S+]([O-])c1nc2ccc(C(F)(F)F)cc2[nH]1. The van der Waals surface area contributed by atoms with Gasteiger partial charge in [0.25, 0.3) is 0 Å². The number of nitrogens with zero attached hydrogens (tertiary/aromatic N) is 2. The number of aromatic nitrogens is 3. The minimum Gasteiger partial charge on any atom is -0.608 e. The largest absolute Gasteiger partial charge is 0.608 e. The predicted octanol–water partition coefficient (Wildman–Crippen LogP) is 3.85. The zero-order chi connectivity index (χ0) is 16.6. The van der Waals surface area contributed by atoms with E-state index in [1.54, 1.807) is 31.3 Å². The molecular weight excluding hydrogens is 327 g/mol. The van der Waals surface area contributed by atoms with Gasteiger partial charge >= 0.3 is 11.3 Å². The summed E-state index contributed by atoms with van der Waals surface area (Å²) >= 11 is -1.55. The van der Waals surface area contributed by atoms with Crippen LogP contribution in [0.2, 0.25) is 0 Å². The van der Waals surface area contributed by atoms with Crippen molar-refractivity contribution in [2.45, 2.75) is 23.5 Å². The molecule has 2 heterocycles. The van der Waals surface area contributed by atoms with Gasteiger partial charge in [0.05, 0.1) is 22.3 Å². The van der Waals surface area contributed by atoms with Crippen LogP contribution in [0.25, 0.3) is 11.0 Å². The minimum absolute atomic E-state index is 0.137. The zero-order valence-electron chi connectivity index (χ0n) is 12.0. The monoisotopic (exact) mass is 339 g/mol. The molecule has 0 saturated heterocycles. The number of imidazole rings is 1. The van der Waals surface area contributed by atoms with Crippen molar-refractivity contribution < 1.29 is 17.7 Å². The lowest BCUT2D eigenvalue weighted by atomic mass is 10.2. The number of hydrogen-bond acceptors (Lipinski definition) is 3. The molecular formula is C15H12F3N3OS. The zero-order valence-corrected chi connectivity index (χ0v) is 12.8. The topological polar surface area (TPSA) is 64.6 Å². The van der Waals surface area contributed by atoms with Gasteiger partial charge in [0.2, 0.25) is 0 Å². The molecule has 0 aliphatic rings. The van der Waals surface area contributed by atoms with Crippen molar-refractivity contribution in [1.82, 2.24) is 15.0 Å². The Morgan fingerprint density at radius 2 is 2.00 bits per heavy atom. The van der Waals surface area contributed by atoms with E-state index in [1.165, 1.54) is 6.07 Å². The van der Waals surface area contributed by atoms with Crippen LogP contribution in [0.15, 0.2) is 47.8 Å². The number of pyridine rings is 1. The Labute approximate surface area is 133 Å². The van der Waals surface area contributed by atoms with Gasteiger partial charge in [0.1, 0.15) is 0 Å². The maximum absolute atomic E-state index is 12.7. The molecule has 1 aromatic carbocycles. The molecule has 0 fully saturated rings. The van der Waals surface area contributed by atoms with Gasteiger partial charge in [-0.05, 0) is 37.3 Å². The molecule has 1 N–H and O–H groups in total. The van der Waals surface area contributed by atoms with Crippen LogP contribution in [0.1, 0.15) is 23.4 Å². The van der Waals surface area contributed by atoms with E-state index < -0.39 is 28.2 Å². The molecule has 0 radical (unpaired) electrons. The van der Waals surface area contributed by atoms with Crippen molar-refractivity contribution in [2.24, 2.45) is 0 Å². The Morgan fingerprint density at radius 3 is 2.65 bits per heavy atom. The van der Waals surface area contributed by atoms with E-state index in [-0.39, 0.29) is 10.7 Å². The molecule has 2 aromatic heterocycles. The van der Waals surface area contributed by atoms with Crippen LogP contribution in [-0.2, 0) is 17.4 Å². The third kappa shape index (κ3) is 3.18. The average Bonchev–Trinajstić information content (AvgIpc) is 2.96. The van der Waals surface area contributed by atoms with Crippen LogP contribution in [-0.4, -0.2) is 19.5 Å². The summed E-state index contributed by atoms with van der Waals surface area (Å²) in [7, 11) is 0. The van der Waals surface area contributed by atoms with Gasteiger partial charge < -0.3 is 4.55 Å². The highest BCUT2D eigenvalue weighted by atomic mass is 32.2. The molecule has 0 aliphatic carbocycles. The van der Waals surface area contributed by atoms with E-state index in [0.29, 0.717) is 11.2 Å². The van der Waals surface area contributed by atoms with Gasteiger partial charge in [-0.25, -0.2) is 0 Å². The van der Waals surface area contributed by atoms with Crippen LogP contribution in [0.3, 0.4) is 0 Å². The first-order valence-corrected chi connectivity index (χ1v) is 7.96. The first-order valence-electron chi connectivity index (χ1n) is 6.75. The number of rotatable bonds is 3. The molecule has 120 valence electrons. The lowest BCUT2D eigenvalue weighted by molar-refractivity contribution is -0.137. The number of nitrogens with one attached hydrogen (secondary N) is 1. The summed E-state index contributed by atoms with van der Waals surface area (Å²) in [6, 6.07) is 8.46. The van der Waals surface area contributed by atoms with Crippen LogP contribution in [0, 0.1) is 0 Å². The molecule has 3 rings (SSSR count). The summed E-state index contributed by atoms with van der Waals surface area (Å²) in [6.45, 7) is 1.73. The van der Waals surface area contributed by atoms with Gasteiger partial charge in [-0.2, -0.15) is 18.2 Å². The fourth-order valence-electron chi connectivity index (χ4n) is 2.15. The number of benzene rings is 1. The quantitative estimate of drug-likeness (QED) is 0.737. The Kier molecular flexibility index (Phi) is 4.03. The minimum atomic E-state index is -4.43. The van der Waals surface area contributed by atoms with Gasteiger partial charge in [-0.15, -0.1) is 0 Å². The molecule has 3 aromatic rings. The number of hydrogen-bond donors (Lipinski definition) is 1. The smallest absolute Gasteiger partial charge is 0.416 e. The molecule has 2 unspecified atom stereocenters. The van der Waals surface area contributed by atoms with E-state index in [4.69, 9.17) is 0 Å². The highest BCUT2D eigenvalue weighted by Crippen LogP contribution is 2.32. The number of halogens is 3. The molecule has 0 bridgehead atoms. The molecule has 2 atom stereocenters. The fourth-order valence-corrected chi connectivity index (χ4v) is 3.24. The second kappa shape index (κ2) is 5.86. The van der Waals surface area contributed by atoms with Crippen LogP contribution >= 0.6 is 0 Å². The summed E-state index contributed by atoms with van der Waals surface area (Å²) in [5.41, 5.74) is 0.400. The molecule has 0 aliphatic heterocycles. The van der Waals surface area contributed by atoms with E-state index in [2.05, 4.69) is 15.0 Å². The molecule has 0 amide bonds. The molecule has 4 nitrogen and oxygen atoms in total. The predicted molar refractivity (Wildman–Crippen MR) is 80.2 cm³/mol. The summed E-state index contributed by atoms with van der Waals surface area (Å²) in [5, 5.41) is -0.295. The Bertz CT molecular complexity index is 820. The van der Waals surface area contributed by atoms with Gasteiger partial charge in [0, 0.05) is 17.4 Å². The first kappa shape index (κ1) is 15.8. The lowest BCUT2D eigenvalue weighted by Gasteiger charge is -2.14. The number of fused-ring (bicyclic) bond motifs is 1. The van der Waals surface area contributed by atoms with Crippen molar-refractivity contribution in [2.75, 3.05) is 0 Å². The fraction of sp³-hybridized carbons (Fsp3) is 0.200. The standard InChI is InChI=1S/C15H12F3N3OS/c1-9(11-4-2-3-7-19-11)23(22)14-20-12-6-5-10(15(16,17)18)8-13(12)21-14/h2-9H,1H3,(H,20,21). The van der Waals surface area contributed by atoms with E-state index in [0.717, 1.165) is 12.1 Å². The second-order valence-electron chi connectivity index (χ2n) is 4.97. The maximum atomic E-state index is 12.7. The number of H-pyrrole nitrogens is 1. The molecule has 23 heavy (non-hydrogen) atoms. The molecule has 8 heteroatoms. The lowest BCUT2D eigenvalue weighted by Crippen LogP contribution is -2.13. The normalized spacial score (nSPS) is 14.8.